The van der Waals surface area contributed by atoms with Crippen molar-refractivity contribution >= 4 is 40.5 Å². The minimum Gasteiger partial charge on any atom is -0.507 e. The van der Waals surface area contributed by atoms with Crippen LogP contribution in [-0.2, 0) is 9.59 Å². The first-order valence-electron chi connectivity index (χ1n) is 25.7. The van der Waals surface area contributed by atoms with E-state index in [2.05, 4.69) is 61.8 Å². The number of hydrogen-bond acceptors (Lipinski definition) is 18. The molecular weight excluding hydrogens is 961 g/mol. The van der Waals surface area contributed by atoms with Crippen LogP contribution in [0.1, 0.15) is 68.9 Å². The third-order valence-corrected chi connectivity index (χ3v) is 15.9. The van der Waals surface area contributed by atoms with Gasteiger partial charge in [-0.3, -0.25) is 19.4 Å². The zero-order valence-electron chi connectivity index (χ0n) is 42.4. The Morgan fingerprint density at radius 1 is 0.892 bits per heavy atom. The molecule has 390 valence electrons. The average molecular weight is 1030 g/mol. The van der Waals surface area contributed by atoms with E-state index in [0.29, 0.717) is 54.4 Å². The number of carbonyl (C=O) groups is 2. The Balaban J connectivity index is 0.655. The van der Waals surface area contributed by atoms with E-state index in [1.54, 1.807) is 18.2 Å². The minimum atomic E-state index is -0.830. The van der Waals surface area contributed by atoms with Crippen molar-refractivity contribution in [1.82, 2.24) is 44.7 Å². The number of para-hydroxylation sites is 1. The van der Waals surface area contributed by atoms with Gasteiger partial charge >= 0.3 is 0 Å². The number of likely N-dealkylation sites (tertiary alicyclic amines) is 1. The van der Waals surface area contributed by atoms with Gasteiger partial charge in [-0.25, -0.2) is 9.36 Å². The summed E-state index contributed by atoms with van der Waals surface area (Å²) in [5.41, 5.74) is 12.6. The van der Waals surface area contributed by atoms with Gasteiger partial charge < -0.3 is 50.0 Å². The van der Waals surface area contributed by atoms with Gasteiger partial charge in [0, 0.05) is 113 Å². The standard InChI is InChI=1S/C54H66N12O7S/c1-33(2)50(54(70)65-32-41(67)26-45(65)53(69)58-35(4)36-9-11-37(12-10-36)51-34(3)29-57-74-51)47-28-49(61-73-47)72-24-22-63-19-17-62(18-20-63)21-23-71-48-25-38(15-16-56-48)66-39-13-14-40(66)31-64(30-39)44-27-43(59-60-52(44)55)42-7-5-6-8-46(42)68/h5-12,15-16,25,27-29,33,35,39-41,45,50,67-68H,13-14,17-24,26,30-32H2,1-4H3,(H2,55,60)(H,58,69)/t35-,39?,40?,41+,45-,50-/m0/s1. The van der Waals surface area contributed by atoms with E-state index in [9.17, 15) is 19.8 Å². The van der Waals surface area contributed by atoms with Crippen molar-refractivity contribution in [2.24, 2.45) is 5.92 Å². The molecule has 0 aliphatic carbocycles. The fourth-order valence-electron chi connectivity index (χ4n) is 11.0. The van der Waals surface area contributed by atoms with E-state index >= 15 is 0 Å². The second kappa shape index (κ2) is 22.3. The smallest absolute Gasteiger partial charge is 0.254 e. The fourth-order valence-corrected chi connectivity index (χ4v) is 11.8. The number of carbonyl (C=O) groups excluding carboxylic acids is 2. The highest BCUT2D eigenvalue weighted by Gasteiger charge is 2.44. The number of nitrogens with two attached hydrogens (primary N) is 1. The fraction of sp³-hybridized carbons (Fsp3) is 0.463. The number of aliphatic hydroxyl groups excluding tert-OH is 1. The molecule has 20 heteroatoms. The van der Waals surface area contributed by atoms with Crippen molar-refractivity contribution < 1.29 is 33.8 Å². The molecule has 5 N–H and O–H groups in total. The molecule has 6 aromatic rings. The lowest BCUT2D eigenvalue weighted by molar-refractivity contribution is -0.141. The highest BCUT2D eigenvalue weighted by molar-refractivity contribution is 7.09. The third kappa shape index (κ3) is 11.1. The number of benzene rings is 2. The van der Waals surface area contributed by atoms with Crippen LogP contribution in [-0.4, -0.2) is 158 Å². The number of phenols is 1. The van der Waals surface area contributed by atoms with E-state index < -0.39 is 18.1 Å². The molecule has 4 saturated heterocycles. The van der Waals surface area contributed by atoms with Gasteiger partial charge in [0.05, 0.1) is 28.4 Å². The first-order chi connectivity index (χ1) is 35.9. The number of hydrogen-bond donors (Lipinski definition) is 4. The maximum Gasteiger partial charge on any atom is 0.254 e. The van der Waals surface area contributed by atoms with Crippen molar-refractivity contribution in [1.29, 1.82) is 0 Å². The molecule has 0 saturated carbocycles. The van der Waals surface area contributed by atoms with E-state index in [1.807, 2.05) is 82.6 Å². The molecule has 19 nitrogen and oxygen atoms in total. The summed E-state index contributed by atoms with van der Waals surface area (Å²) in [6.45, 7) is 15.4. The number of anilines is 3. The van der Waals surface area contributed by atoms with Crippen LogP contribution in [0.15, 0.2) is 89.7 Å². The summed E-state index contributed by atoms with van der Waals surface area (Å²) < 4.78 is 22.3. The van der Waals surface area contributed by atoms with Gasteiger partial charge in [-0.05, 0) is 90.3 Å². The number of nitrogen functional groups attached to an aromatic ring is 1. The van der Waals surface area contributed by atoms with Crippen LogP contribution in [0.4, 0.5) is 17.2 Å². The number of aromatic hydroxyl groups is 1. The molecule has 4 aromatic heterocycles. The summed E-state index contributed by atoms with van der Waals surface area (Å²) in [5.74, 6) is 0.300. The maximum atomic E-state index is 14.2. The van der Waals surface area contributed by atoms with Crippen molar-refractivity contribution in [3.05, 3.63) is 102 Å². The van der Waals surface area contributed by atoms with Gasteiger partial charge in [-0.15, -0.1) is 10.2 Å². The molecule has 2 unspecified atom stereocenters. The maximum absolute atomic E-state index is 14.2. The number of aliphatic hydroxyl groups is 1. The summed E-state index contributed by atoms with van der Waals surface area (Å²) in [7, 11) is 0. The normalized spacial score (nSPS) is 21.0. The van der Waals surface area contributed by atoms with E-state index in [-0.39, 0.29) is 54.6 Å². The Morgan fingerprint density at radius 2 is 1.59 bits per heavy atom. The molecule has 4 aliphatic rings. The molecule has 2 amide bonds. The zero-order chi connectivity index (χ0) is 51.5. The predicted molar refractivity (Wildman–Crippen MR) is 282 cm³/mol. The number of amides is 2. The number of aryl methyl sites for hydroxylation is 1. The molecular formula is C54H66N12O7S. The van der Waals surface area contributed by atoms with Crippen LogP contribution in [0.3, 0.4) is 0 Å². The number of piperazine rings is 2. The van der Waals surface area contributed by atoms with Crippen LogP contribution >= 0.6 is 11.5 Å². The van der Waals surface area contributed by atoms with Gasteiger partial charge in [0.1, 0.15) is 30.9 Å². The molecule has 6 atom stereocenters. The highest BCUT2D eigenvalue weighted by atomic mass is 32.1. The van der Waals surface area contributed by atoms with Crippen LogP contribution < -0.4 is 30.3 Å². The average Bonchev–Trinajstić information content (AvgIpc) is 4.20. The van der Waals surface area contributed by atoms with Gasteiger partial charge in [0.15, 0.2) is 11.6 Å². The van der Waals surface area contributed by atoms with Crippen LogP contribution in [0, 0.1) is 12.8 Å². The number of phenolic OH excluding ortho intramolecular Hbond substituents is 1. The number of aromatic nitrogens is 5. The summed E-state index contributed by atoms with van der Waals surface area (Å²) >= 11 is 1.45. The summed E-state index contributed by atoms with van der Waals surface area (Å²) in [6, 6.07) is 22.3. The lowest BCUT2D eigenvalue weighted by Crippen LogP contribution is -2.54. The molecule has 4 fully saturated rings. The lowest BCUT2D eigenvalue weighted by Gasteiger charge is -2.43. The Hall–Kier alpha value is -6.87. The Morgan fingerprint density at radius 3 is 2.27 bits per heavy atom. The predicted octanol–water partition coefficient (Wildman–Crippen LogP) is 5.76. The Bertz CT molecular complexity index is 2880. The monoisotopic (exact) mass is 1030 g/mol. The molecule has 74 heavy (non-hydrogen) atoms. The van der Waals surface area contributed by atoms with Crippen LogP contribution in [0.5, 0.6) is 17.5 Å². The molecule has 10 rings (SSSR count). The summed E-state index contributed by atoms with van der Waals surface area (Å²) in [5, 5.41) is 37.0. The first-order valence-corrected chi connectivity index (χ1v) is 26.5. The largest absolute Gasteiger partial charge is 0.507 e. The topological polar surface area (TPSA) is 225 Å². The van der Waals surface area contributed by atoms with Gasteiger partial charge in [0.2, 0.25) is 17.7 Å². The SMILES string of the molecule is Cc1cnsc1-c1ccc([C@H](C)NC(=O)[C@@H]2C[C@@H](O)CN2C(=O)[C@H](c2cc(OCCN3CCN(CCOc4cc(N5C6CCC5CN(c5cc(-c7ccccc7O)nnc5N)C6)ccn4)CC3)no2)C(C)C)cc1. The van der Waals surface area contributed by atoms with E-state index in [1.165, 1.54) is 16.4 Å². The van der Waals surface area contributed by atoms with Crippen LogP contribution in [0.25, 0.3) is 21.7 Å². The number of nitrogens with zero attached hydrogens (tertiary/aromatic N) is 10. The third-order valence-electron chi connectivity index (χ3n) is 15.0. The highest BCUT2D eigenvalue weighted by Crippen LogP contribution is 2.40. The van der Waals surface area contributed by atoms with Crippen molar-refractivity contribution in [3.63, 3.8) is 0 Å². The lowest BCUT2D eigenvalue weighted by atomic mass is 9.91. The molecule has 8 heterocycles. The number of pyridine rings is 1. The van der Waals surface area contributed by atoms with Gasteiger partial charge in [0.25, 0.3) is 5.88 Å². The second-order valence-corrected chi connectivity index (χ2v) is 21.1. The number of β-amino-alcohol motifs (C(OH)–C–C–N with tert-alkyl or cyclic N) is 1. The van der Waals surface area contributed by atoms with Gasteiger partial charge in [-0.1, -0.05) is 50.2 Å². The molecule has 0 radical (unpaired) electrons. The molecule has 4 aliphatic heterocycles. The quantitative estimate of drug-likeness (QED) is 0.0803. The Kier molecular flexibility index (Phi) is 15.3. The number of ether oxygens (including phenoxy) is 2. The van der Waals surface area contributed by atoms with Crippen molar-refractivity contribution in [2.75, 3.05) is 87.7 Å². The van der Waals surface area contributed by atoms with E-state index in [4.69, 9.17) is 19.7 Å². The minimum absolute atomic E-state index is 0.0519. The number of nitrogens with one attached hydrogen (secondary N) is 1. The molecule has 2 aromatic carbocycles. The molecule has 0 spiro atoms. The second-order valence-electron chi connectivity index (χ2n) is 20.3. The summed E-state index contributed by atoms with van der Waals surface area (Å²) in [4.78, 5) is 44.7. The number of fused-ring (bicyclic) bond motifs is 2. The van der Waals surface area contributed by atoms with Crippen molar-refractivity contribution in [2.45, 2.75) is 83.1 Å². The molecule has 2 bridgehead atoms. The zero-order valence-corrected chi connectivity index (χ0v) is 43.2. The number of rotatable bonds is 18. The first kappa shape index (κ1) is 50.7. The van der Waals surface area contributed by atoms with Crippen LogP contribution in [0.2, 0.25) is 0 Å². The van der Waals surface area contributed by atoms with Gasteiger partial charge in [-0.2, -0.15) is 0 Å². The Labute approximate surface area is 435 Å². The van der Waals surface area contributed by atoms with Crippen molar-refractivity contribution in [3.8, 4) is 39.2 Å². The van der Waals surface area contributed by atoms with E-state index in [0.717, 1.165) is 91.6 Å². The summed E-state index contributed by atoms with van der Waals surface area (Å²) in [6.07, 6.45) is 5.13.